The number of rotatable bonds is 3. The summed E-state index contributed by atoms with van der Waals surface area (Å²) in [5.41, 5.74) is 1.61. The lowest BCUT2D eigenvalue weighted by Gasteiger charge is -2.49. The monoisotopic (exact) mass is 288 g/mol. The first-order valence-corrected chi connectivity index (χ1v) is 8.33. The van der Waals surface area contributed by atoms with Crippen LogP contribution in [0.4, 0.5) is 5.82 Å². The van der Waals surface area contributed by atoms with Crippen LogP contribution < -0.4 is 10.2 Å². The van der Waals surface area contributed by atoms with Crippen LogP contribution in [-0.2, 0) is 5.54 Å². The lowest BCUT2D eigenvalue weighted by atomic mass is 9.78. The number of pyridine rings is 1. The highest BCUT2D eigenvalue weighted by molar-refractivity contribution is 5.49. The van der Waals surface area contributed by atoms with Crippen molar-refractivity contribution >= 4 is 5.82 Å². The number of hydrogen-bond donors (Lipinski definition) is 1. The quantitative estimate of drug-likeness (QED) is 0.924. The van der Waals surface area contributed by atoms with Gasteiger partial charge >= 0.3 is 0 Å². The second kappa shape index (κ2) is 6.32. The Hall–Kier alpha value is -1.13. The Balaban J connectivity index is 2.02. The molecule has 0 aromatic carbocycles. The van der Waals surface area contributed by atoms with Crippen molar-refractivity contribution in [1.29, 1.82) is 0 Å². The van der Waals surface area contributed by atoms with Gasteiger partial charge in [0.15, 0.2) is 0 Å². The molecule has 4 heteroatoms. The van der Waals surface area contributed by atoms with Gasteiger partial charge in [-0.2, -0.15) is 0 Å². The fourth-order valence-corrected chi connectivity index (χ4v) is 4.03. The van der Waals surface area contributed by atoms with Gasteiger partial charge in [-0.15, -0.1) is 0 Å². The Kier molecular flexibility index (Phi) is 4.45. The normalized spacial score (nSPS) is 23.0. The first-order valence-electron chi connectivity index (χ1n) is 8.33. The molecule has 1 aromatic heterocycles. The van der Waals surface area contributed by atoms with Crippen molar-refractivity contribution in [2.75, 3.05) is 45.2 Å². The van der Waals surface area contributed by atoms with Crippen molar-refractivity contribution in [3.8, 4) is 0 Å². The van der Waals surface area contributed by atoms with Crippen molar-refractivity contribution in [3.05, 3.63) is 23.9 Å². The van der Waals surface area contributed by atoms with Gasteiger partial charge in [-0.25, -0.2) is 4.98 Å². The van der Waals surface area contributed by atoms with E-state index in [9.17, 15) is 0 Å². The predicted octanol–water partition coefficient (Wildman–Crippen LogP) is 2.21. The number of piperidine rings is 2. The molecule has 4 nitrogen and oxygen atoms in total. The average molecular weight is 288 g/mol. The highest BCUT2D eigenvalue weighted by Crippen LogP contribution is 2.41. The fraction of sp³-hybridized carbons (Fsp3) is 0.706. The molecule has 3 heterocycles. The van der Waals surface area contributed by atoms with Gasteiger partial charge < -0.3 is 10.2 Å². The maximum Gasteiger partial charge on any atom is 0.133 e. The Labute approximate surface area is 128 Å². The van der Waals surface area contributed by atoms with Crippen LogP contribution >= 0.6 is 0 Å². The predicted molar refractivity (Wildman–Crippen MR) is 87.8 cm³/mol. The molecule has 0 aliphatic carbocycles. The fourth-order valence-electron chi connectivity index (χ4n) is 4.03. The molecule has 2 aliphatic rings. The first kappa shape index (κ1) is 14.8. The summed E-state index contributed by atoms with van der Waals surface area (Å²) >= 11 is 0. The van der Waals surface area contributed by atoms with Gasteiger partial charge in [0.1, 0.15) is 5.82 Å². The minimum absolute atomic E-state index is 0.180. The van der Waals surface area contributed by atoms with Crippen LogP contribution in [-0.4, -0.2) is 50.2 Å². The third kappa shape index (κ3) is 2.79. The third-order valence-corrected chi connectivity index (χ3v) is 5.10. The zero-order valence-electron chi connectivity index (χ0n) is 13.4. The van der Waals surface area contributed by atoms with Crippen LogP contribution in [0.25, 0.3) is 0 Å². The van der Waals surface area contributed by atoms with E-state index in [2.05, 4.69) is 46.3 Å². The standard InChI is InChI=1S/C17H28N4/c1-20(2)16-15(7-6-10-19-16)17(8-11-18-12-9-17)21-13-4-3-5-14-21/h6-7,10,18H,3-5,8-9,11-14H2,1-2H3. The topological polar surface area (TPSA) is 31.4 Å². The highest BCUT2D eigenvalue weighted by Gasteiger charge is 2.41. The Morgan fingerprint density at radius 2 is 1.86 bits per heavy atom. The molecule has 2 aliphatic heterocycles. The van der Waals surface area contributed by atoms with Crippen molar-refractivity contribution in [1.82, 2.24) is 15.2 Å². The van der Waals surface area contributed by atoms with E-state index in [1.807, 2.05) is 6.20 Å². The third-order valence-electron chi connectivity index (χ3n) is 5.10. The lowest BCUT2D eigenvalue weighted by Crippen LogP contribution is -2.54. The largest absolute Gasteiger partial charge is 0.362 e. The second-order valence-electron chi connectivity index (χ2n) is 6.60. The van der Waals surface area contributed by atoms with E-state index in [-0.39, 0.29) is 5.54 Å². The molecule has 0 radical (unpaired) electrons. The van der Waals surface area contributed by atoms with E-state index in [4.69, 9.17) is 0 Å². The molecule has 0 bridgehead atoms. The average Bonchev–Trinajstić information content (AvgIpc) is 2.56. The van der Waals surface area contributed by atoms with Gasteiger partial charge in [-0.05, 0) is 57.9 Å². The van der Waals surface area contributed by atoms with Crippen molar-refractivity contribution in [2.45, 2.75) is 37.6 Å². The van der Waals surface area contributed by atoms with Crippen molar-refractivity contribution in [2.24, 2.45) is 0 Å². The molecule has 116 valence electrons. The van der Waals surface area contributed by atoms with E-state index in [0.29, 0.717) is 0 Å². The van der Waals surface area contributed by atoms with E-state index in [1.54, 1.807) is 0 Å². The van der Waals surface area contributed by atoms with Crippen LogP contribution in [0, 0.1) is 0 Å². The zero-order valence-corrected chi connectivity index (χ0v) is 13.4. The number of aromatic nitrogens is 1. The van der Waals surface area contributed by atoms with Gasteiger partial charge in [-0.1, -0.05) is 12.5 Å². The number of anilines is 1. The molecule has 3 rings (SSSR count). The van der Waals surface area contributed by atoms with Gasteiger partial charge in [0.2, 0.25) is 0 Å². The van der Waals surface area contributed by atoms with E-state index >= 15 is 0 Å². The maximum absolute atomic E-state index is 4.67. The van der Waals surface area contributed by atoms with Crippen LogP contribution in [0.3, 0.4) is 0 Å². The Morgan fingerprint density at radius 3 is 2.52 bits per heavy atom. The zero-order chi connectivity index (χ0) is 14.7. The summed E-state index contributed by atoms with van der Waals surface area (Å²) < 4.78 is 0. The van der Waals surface area contributed by atoms with Crippen LogP contribution in [0.5, 0.6) is 0 Å². The van der Waals surface area contributed by atoms with Crippen LogP contribution in [0.2, 0.25) is 0 Å². The summed E-state index contributed by atoms with van der Waals surface area (Å²) in [6, 6.07) is 4.42. The Morgan fingerprint density at radius 1 is 1.14 bits per heavy atom. The van der Waals surface area contributed by atoms with Gasteiger partial charge in [0.05, 0.1) is 5.54 Å². The minimum atomic E-state index is 0.180. The summed E-state index contributed by atoms with van der Waals surface area (Å²) in [5, 5.41) is 3.54. The summed E-state index contributed by atoms with van der Waals surface area (Å²) in [5.74, 6) is 1.14. The molecular formula is C17H28N4. The van der Waals surface area contributed by atoms with E-state index < -0.39 is 0 Å². The SMILES string of the molecule is CN(C)c1ncccc1C1(N2CCCCC2)CCNCC1. The van der Waals surface area contributed by atoms with Gasteiger partial charge in [0.25, 0.3) is 0 Å². The summed E-state index contributed by atoms with van der Waals surface area (Å²) in [7, 11) is 4.22. The molecule has 1 N–H and O–H groups in total. The summed E-state index contributed by atoms with van der Waals surface area (Å²) in [6.45, 7) is 4.69. The Bertz CT molecular complexity index is 460. The van der Waals surface area contributed by atoms with E-state index in [0.717, 1.165) is 18.9 Å². The first-order chi connectivity index (χ1) is 10.2. The van der Waals surface area contributed by atoms with Crippen LogP contribution in [0.1, 0.15) is 37.7 Å². The lowest BCUT2D eigenvalue weighted by molar-refractivity contribution is 0.0361. The molecule has 2 fully saturated rings. The molecule has 0 atom stereocenters. The minimum Gasteiger partial charge on any atom is -0.362 e. The highest BCUT2D eigenvalue weighted by atomic mass is 15.2. The summed E-state index contributed by atoms with van der Waals surface area (Å²) in [6.07, 6.45) is 8.38. The molecule has 0 saturated carbocycles. The van der Waals surface area contributed by atoms with Crippen molar-refractivity contribution < 1.29 is 0 Å². The molecule has 1 aromatic rings. The molecule has 0 spiro atoms. The molecule has 0 amide bonds. The van der Waals surface area contributed by atoms with E-state index in [1.165, 1.54) is 50.8 Å². The van der Waals surface area contributed by atoms with Gasteiger partial charge in [0, 0.05) is 25.9 Å². The molecular weight excluding hydrogens is 260 g/mol. The number of nitrogens with one attached hydrogen (secondary N) is 1. The van der Waals surface area contributed by atoms with Crippen LogP contribution in [0.15, 0.2) is 18.3 Å². The summed E-state index contributed by atoms with van der Waals surface area (Å²) in [4.78, 5) is 9.59. The molecule has 21 heavy (non-hydrogen) atoms. The maximum atomic E-state index is 4.67. The number of likely N-dealkylation sites (tertiary alicyclic amines) is 1. The molecule has 0 unspecified atom stereocenters. The smallest absolute Gasteiger partial charge is 0.133 e. The van der Waals surface area contributed by atoms with Crippen molar-refractivity contribution in [3.63, 3.8) is 0 Å². The number of nitrogens with zero attached hydrogens (tertiary/aromatic N) is 3. The second-order valence-corrected chi connectivity index (χ2v) is 6.60. The molecule has 2 saturated heterocycles. The number of hydrogen-bond acceptors (Lipinski definition) is 4. The van der Waals surface area contributed by atoms with Gasteiger partial charge in [-0.3, -0.25) is 4.90 Å².